The molecule has 5 heteroatoms. The van der Waals surface area contributed by atoms with E-state index in [1.54, 1.807) is 30.0 Å². The molecule has 0 unspecified atom stereocenters. The van der Waals surface area contributed by atoms with Gasteiger partial charge in [-0.2, -0.15) is 0 Å². The summed E-state index contributed by atoms with van der Waals surface area (Å²) in [7, 11) is 0. The van der Waals surface area contributed by atoms with Crippen molar-refractivity contribution in [2.24, 2.45) is 0 Å². The van der Waals surface area contributed by atoms with E-state index in [0.29, 0.717) is 18.9 Å². The van der Waals surface area contributed by atoms with Crippen LogP contribution < -0.4 is 10.1 Å². The smallest absolute Gasteiger partial charge is 0.339 e. The molecule has 0 saturated carbocycles. The molecule has 110 valence electrons. The minimum absolute atomic E-state index is 0.182. The van der Waals surface area contributed by atoms with E-state index in [1.807, 2.05) is 30.5 Å². The molecule has 0 aromatic heterocycles. The maximum absolute atomic E-state index is 11.1. The van der Waals surface area contributed by atoms with E-state index in [4.69, 9.17) is 9.84 Å². The third kappa shape index (κ3) is 4.16. The van der Waals surface area contributed by atoms with E-state index in [2.05, 4.69) is 5.32 Å². The molecule has 0 radical (unpaired) electrons. The number of nitrogens with one attached hydrogen (secondary N) is 1. The van der Waals surface area contributed by atoms with Crippen molar-refractivity contribution in [3.63, 3.8) is 0 Å². The Hall–Kier alpha value is -2.14. The van der Waals surface area contributed by atoms with Gasteiger partial charge in [-0.3, -0.25) is 0 Å². The largest absolute Gasteiger partial charge is 0.491 e. The summed E-state index contributed by atoms with van der Waals surface area (Å²) in [6.07, 6.45) is 2.03. The molecule has 0 aliphatic carbocycles. The van der Waals surface area contributed by atoms with Crippen LogP contribution >= 0.6 is 11.8 Å². The molecule has 0 spiro atoms. The van der Waals surface area contributed by atoms with E-state index in [1.165, 1.54) is 11.0 Å². The number of para-hydroxylation sites is 2. The SMILES string of the molecule is CSc1ccccc1NCCOc1ccccc1C(=O)O. The Labute approximate surface area is 128 Å². The number of rotatable bonds is 7. The highest BCUT2D eigenvalue weighted by Gasteiger charge is 2.09. The fraction of sp³-hybridized carbons (Fsp3) is 0.188. The fourth-order valence-corrected chi connectivity index (χ4v) is 2.48. The van der Waals surface area contributed by atoms with Crippen LogP contribution in [0.4, 0.5) is 5.69 Å². The first-order valence-corrected chi connectivity index (χ1v) is 7.77. The Morgan fingerprint density at radius 2 is 1.90 bits per heavy atom. The van der Waals surface area contributed by atoms with E-state index >= 15 is 0 Å². The summed E-state index contributed by atoms with van der Waals surface area (Å²) < 4.78 is 5.54. The number of benzene rings is 2. The van der Waals surface area contributed by atoms with Gasteiger partial charge >= 0.3 is 5.97 Å². The third-order valence-corrected chi connectivity index (χ3v) is 3.70. The topological polar surface area (TPSA) is 58.6 Å². The molecule has 0 fully saturated rings. The van der Waals surface area contributed by atoms with Crippen molar-refractivity contribution in [2.75, 3.05) is 24.7 Å². The van der Waals surface area contributed by atoms with Crippen molar-refractivity contribution in [3.8, 4) is 5.75 Å². The maximum Gasteiger partial charge on any atom is 0.339 e. The minimum atomic E-state index is -0.980. The molecule has 0 bridgehead atoms. The average molecular weight is 303 g/mol. The summed E-state index contributed by atoms with van der Waals surface area (Å²) in [6, 6.07) is 14.7. The number of ether oxygens (including phenoxy) is 1. The molecule has 0 amide bonds. The third-order valence-electron chi connectivity index (χ3n) is 2.90. The molecule has 0 aliphatic heterocycles. The second kappa shape index (κ2) is 7.59. The number of carbonyl (C=O) groups is 1. The van der Waals surface area contributed by atoms with Crippen LogP contribution in [0.5, 0.6) is 5.75 Å². The van der Waals surface area contributed by atoms with Crippen LogP contribution in [0.25, 0.3) is 0 Å². The van der Waals surface area contributed by atoms with Gasteiger partial charge in [0.15, 0.2) is 0 Å². The second-order valence-corrected chi connectivity index (χ2v) is 5.12. The first kappa shape index (κ1) is 15.3. The highest BCUT2D eigenvalue weighted by atomic mass is 32.2. The summed E-state index contributed by atoms with van der Waals surface area (Å²) in [6.45, 7) is 0.999. The Balaban J connectivity index is 1.89. The van der Waals surface area contributed by atoms with Crippen LogP contribution in [0.3, 0.4) is 0 Å². The van der Waals surface area contributed by atoms with Gasteiger partial charge in [-0.25, -0.2) is 4.79 Å². The van der Waals surface area contributed by atoms with E-state index < -0.39 is 5.97 Å². The van der Waals surface area contributed by atoms with Gasteiger partial charge in [-0.1, -0.05) is 24.3 Å². The lowest BCUT2D eigenvalue weighted by Crippen LogP contribution is -2.13. The monoisotopic (exact) mass is 303 g/mol. The number of thioether (sulfide) groups is 1. The van der Waals surface area contributed by atoms with Gasteiger partial charge in [-0.05, 0) is 30.5 Å². The zero-order valence-electron chi connectivity index (χ0n) is 11.7. The van der Waals surface area contributed by atoms with Crippen molar-refractivity contribution in [3.05, 3.63) is 54.1 Å². The molecule has 2 N–H and O–H groups in total. The normalized spacial score (nSPS) is 10.1. The van der Waals surface area contributed by atoms with E-state index in [-0.39, 0.29) is 5.56 Å². The first-order valence-electron chi connectivity index (χ1n) is 6.54. The predicted octanol–water partition coefficient (Wildman–Crippen LogP) is 3.60. The van der Waals surface area contributed by atoms with E-state index in [9.17, 15) is 4.79 Å². The van der Waals surface area contributed by atoms with Crippen LogP contribution in [-0.2, 0) is 0 Å². The predicted molar refractivity (Wildman–Crippen MR) is 85.6 cm³/mol. The molecule has 21 heavy (non-hydrogen) atoms. The van der Waals surface area contributed by atoms with Crippen molar-refractivity contribution < 1.29 is 14.6 Å². The van der Waals surface area contributed by atoms with Crippen LogP contribution in [0, 0.1) is 0 Å². The standard InChI is InChI=1S/C16H17NO3S/c1-21-15-9-5-3-7-13(15)17-10-11-20-14-8-4-2-6-12(14)16(18)19/h2-9,17H,10-11H2,1H3,(H,18,19). The lowest BCUT2D eigenvalue weighted by Gasteiger charge is -2.12. The summed E-state index contributed by atoms with van der Waals surface area (Å²) in [5.74, 6) is -0.587. The molecule has 0 saturated heterocycles. The average Bonchev–Trinajstić information content (AvgIpc) is 2.52. The Morgan fingerprint density at radius 3 is 2.67 bits per heavy atom. The number of carboxylic acids is 1. The molecular formula is C16H17NO3S. The molecule has 2 aromatic carbocycles. The fourth-order valence-electron chi connectivity index (χ4n) is 1.91. The van der Waals surface area contributed by atoms with Gasteiger partial charge in [-0.15, -0.1) is 11.8 Å². The highest BCUT2D eigenvalue weighted by molar-refractivity contribution is 7.98. The van der Waals surface area contributed by atoms with Gasteiger partial charge in [0.2, 0.25) is 0 Å². The molecule has 2 rings (SSSR count). The van der Waals surface area contributed by atoms with Crippen molar-refractivity contribution in [2.45, 2.75) is 4.90 Å². The van der Waals surface area contributed by atoms with Gasteiger partial charge in [0.1, 0.15) is 17.9 Å². The van der Waals surface area contributed by atoms with Crippen molar-refractivity contribution in [1.82, 2.24) is 0 Å². The summed E-state index contributed by atoms with van der Waals surface area (Å²) in [5.41, 5.74) is 1.24. The quantitative estimate of drug-likeness (QED) is 0.604. The van der Waals surface area contributed by atoms with Gasteiger partial charge in [0.25, 0.3) is 0 Å². The first-order chi connectivity index (χ1) is 10.2. The molecule has 0 aliphatic rings. The molecule has 0 heterocycles. The number of hydrogen-bond donors (Lipinski definition) is 2. The Kier molecular flexibility index (Phi) is 5.51. The number of hydrogen-bond acceptors (Lipinski definition) is 4. The lowest BCUT2D eigenvalue weighted by molar-refractivity contribution is 0.0692. The van der Waals surface area contributed by atoms with Crippen molar-refractivity contribution in [1.29, 1.82) is 0 Å². The van der Waals surface area contributed by atoms with Crippen LogP contribution in [0.1, 0.15) is 10.4 Å². The summed E-state index contributed by atoms with van der Waals surface area (Å²) in [4.78, 5) is 12.2. The maximum atomic E-state index is 11.1. The minimum Gasteiger partial charge on any atom is -0.491 e. The zero-order valence-corrected chi connectivity index (χ0v) is 12.5. The molecule has 0 atom stereocenters. The Bertz CT molecular complexity index is 616. The summed E-state index contributed by atoms with van der Waals surface area (Å²) in [5, 5.41) is 12.4. The molecule has 4 nitrogen and oxygen atoms in total. The van der Waals surface area contributed by atoms with Gasteiger partial charge < -0.3 is 15.2 Å². The van der Waals surface area contributed by atoms with Gasteiger partial charge in [0, 0.05) is 17.1 Å². The van der Waals surface area contributed by atoms with E-state index in [0.717, 1.165) is 5.69 Å². The lowest BCUT2D eigenvalue weighted by atomic mass is 10.2. The van der Waals surface area contributed by atoms with Crippen LogP contribution in [-0.4, -0.2) is 30.5 Å². The summed E-state index contributed by atoms with van der Waals surface area (Å²) >= 11 is 1.68. The zero-order chi connectivity index (χ0) is 15.1. The molecule has 2 aromatic rings. The number of aromatic carboxylic acids is 1. The number of anilines is 1. The second-order valence-electron chi connectivity index (χ2n) is 4.28. The van der Waals surface area contributed by atoms with Crippen LogP contribution in [0.2, 0.25) is 0 Å². The Morgan fingerprint density at radius 1 is 1.19 bits per heavy atom. The van der Waals surface area contributed by atoms with Crippen molar-refractivity contribution >= 4 is 23.4 Å². The highest BCUT2D eigenvalue weighted by Crippen LogP contribution is 2.24. The van der Waals surface area contributed by atoms with Gasteiger partial charge in [0.05, 0.1) is 0 Å². The molecular weight excluding hydrogens is 286 g/mol. The number of carboxylic acid groups (broad SMARTS) is 1. The van der Waals surface area contributed by atoms with Crippen LogP contribution in [0.15, 0.2) is 53.4 Å².